The Kier molecular flexibility index (Phi) is 3.79. The summed E-state index contributed by atoms with van der Waals surface area (Å²) in [6.45, 7) is 1.54. The van der Waals surface area contributed by atoms with Gasteiger partial charge in [0.25, 0.3) is 0 Å². The maximum absolute atomic E-state index is 12.9. The molecule has 118 valence electrons. The van der Waals surface area contributed by atoms with Crippen LogP contribution in [0.2, 0.25) is 0 Å². The molecule has 0 amide bonds. The van der Waals surface area contributed by atoms with Crippen LogP contribution in [0.25, 0.3) is 5.69 Å². The molecule has 0 unspecified atom stereocenters. The van der Waals surface area contributed by atoms with Crippen molar-refractivity contribution in [1.29, 1.82) is 0 Å². The van der Waals surface area contributed by atoms with E-state index < -0.39 is 11.9 Å². The fourth-order valence-electron chi connectivity index (χ4n) is 2.40. The van der Waals surface area contributed by atoms with Crippen molar-refractivity contribution in [1.82, 2.24) is 9.78 Å². The van der Waals surface area contributed by atoms with Crippen molar-refractivity contribution in [2.75, 3.05) is 24.7 Å². The first kappa shape index (κ1) is 14.9. The molecule has 5 nitrogen and oxygen atoms in total. The second-order valence-corrected chi connectivity index (χ2v) is 5.02. The summed E-state index contributed by atoms with van der Waals surface area (Å²) >= 11 is 0. The van der Waals surface area contributed by atoms with Crippen LogP contribution >= 0.6 is 0 Å². The molecule has 1 aliphatic rings. The Bertz CT molecular complexity index is 638. The van der Waals surface area contributed by atoms with Crippen LogP contribution in [0.15, 0.2) is 36.5 Å². The smallest absolute Gasteiger partial charge is 0.355 e. The van der Waals surface area contributed by atoms with Crippen molar-refractivity contribution in [3.05, 3.63) is 42.2 Å². The Morgan fingerprint density at radius 1 is 1.18 bits per heavy atom. The molecule has 1 atom stereocenters. The van der Waals surface area contributed by atoms with E-state index in [4.69, 9.17) is 10.5 Å². The number of halogens is 3. The third-order valence-electron chi connectivity index (χ3n) is 3.55. The van der Waals surface area contributed by atoms with Gasteiger partial charge < -0.3 is 15.4 Å². The van der Waals surface area contributed by atoms with Gasteiger partial charge in [-0.3, -0.25) is 0 Å². The summed E-state index contributed by atoms with van der Waals surface area (Å²) in [5, 5.41) is 3.75. The molecule has 1 aliphatic heterocycles. The highest BCUT2D eigenvalue weighted by Crippen LogP contribution is 2.31. The summed E-state index contributed by atoms with van der Waals surface area (Å²) in [5.41, 5.74) is 5.99. The first-order valence-electron chi connectivity index (χ1n) is 6.77. The molecule has 1 aromatic heterocycles. The summed E-state index contributed by atoms with van der Waals surface area (Å²) in [6, 6.07) is 7.66. The van der Waals surface area contributed by atoms with Crippen molar-refractivity contribution in [2.45, 2.75) is 12.3 Å². The predicted octanol–water partition coefficient (Wildman–Crippen LogP) is 2.01. The van der Waals surface area contributed by atoms with E-state index in [2.05, 4.69) is 5.10 Å². The first-order valence-corrected chi connectivity index (χ1v) is 6.77. The molecule has 22 heavy (non-hydrogen) atoms. The molecule has 0 radical (unpaired) electrons. The minimum Gasteiger partial charge on any atom is -0.355 e. The Balaban J connectivity index is 1.82. The van der Waals surface area contributed by atoms with Gasteiger partial charge in [0.15, 0.2) is 0 Å². The van der Waals surface area contributed by atoms with E-state index in [1.165, 1.54) is 0 Å². The lowest BCUT2D eigenvalue weighted by atomic mass is 10.2. The van der Waals surface area contributed by atoms with Gasteiger partial charge in [-0.1, -0.05) is 0 Å². The number of benzene rings is 1. The maximum Gasteiger partial charge on any atom is 0.433 e. The highest BCUT2D eigenvalue weighted by molar-refractivity contribution is 5.51. The number of hydrogen-bond acceptors (Lipinski definition) is 4. The van der Waals surface area contributed by atoms with E-state index in [0.29, 0.717) is 25.5 Å². The normalized spacial score (nSPS) is 18.9. The van der Waals surface area contributed by atoms with E-state index in [-0.39, 0.29) is 6.10 Å². The van der Waals surface area contributed by atoms with Crippen LogP contribution in [0.1, 0.15) is 5.69 Å². The first-order chi connectivity index (χ1) is 10.5. The lowest BCUT2D eigenvalue weighted by Crippen LogP contribution is -2.26. The number of nitrogens with two attached hydrogens (primary N) is 1. The summed E-state index contributed by atoms with van der Waals surface area (Å²) in [6.07, 6.45) is -3.31. The minimum atomic E-state index is -4.44. The monoisotopic (exact) mass is 312 g/mol. The molecule has 1 aromatic carbocycles. The van der Waals surface area contributed by atoms with E-state index in [0.717, 1.165) is 22.6 Å². The number of ether oxygens (including phenoxy) is 1. The lowest BCUT2D eigenvalue weighted by molar-refractivity contribution is -0.142. The van der Waals surface area contributed by atoms with E-state index >= 15 is 0 Å². The number of aromatic nitrogens is 2. The van der Waals surface area contributed by atoms with Crippen molar-refractivity contribution < 1.29 is 17.9 Å². The van der Waals surface area contributed by atoms with E-state index in [1.807, 2.05) is 4.90 Å². The molecule has 2 aromatic rings. The van der Waals surface area contributed by atoms with Gasteiger partial charge >= 0.3 is 6.18 Å². The molecule has 0 saturated carbocycles. The molecule has 1 saturated heterocycles. The Labute approximate surface area is 125 Å². The van der Waals surface area contributed by atoms with Crippen molar-refractivity contribution in [3.8, 4) is 5.69 Å². The molecule has 2 heterocycles. The Morgan fingerprint density at radius 3 is 2.45 bits per heavy atom. The van der Waals surface area contributed by atoms with Crippen molar-refractivity contribution in [3.63, 3.8) is 0 Å². The van der Waals surface area contributed by atoms with Crippen LogP contribution < -0.4 is 10.6 Å². The summed E-state index contributed by atoms with van der Waals surface area (Å²) in [4.78, 5) is 1.98. The zero-order valence-electron chi connectivity index (χ0n) is 11.6. The zero-order chi connectivity index (χ0) is 15.7. The maximum atomic E-state index is 12.9. The van der Waals surface area contributed by atoms with Crippen molar-refractivity contribution in [2.24, 2.45) is 5.73 Å². The van der Waals surface area contributed by atoms with E-state index in [9.17, 15) is 13.2 Å². The molecule has 8 heteroatoms. The summed E-state index contributed by atoms with van der Waals surface area (Å²) in [7, 11) is 0. The zero-order valence-corrected chi connectivity index (χ0v) is 11.6. The average Bonchev–Trinajstić information content (AvgIpc) is 3.16. The molecular formula is C14H15F3N4O. The third kappa shape index (κ3) is 2.79. The Morgan fingerprint density at radius 2 is 1.86 bits per heavy atom. The second-order valence-electron chi connectivity index (χ2n) is 5.02. The molecular weight excluding hydrogens is 297 g/mol. The molecule has 1 fully saturated rings. The van der Waals surface area contributed by atoms with Crippen LogP contribution in [-0.2, 0) is 10.9 Å². The van der Waals surface area contributed by atoms with Gasteiger partial charge in [0, 0.05) is 18.8 Å². The second kappa shape index (κ2) is 5.62. The van der Waals surface area contributed by atoms with Gasteiger partial charge in [-0.25, -0.2) is 4.68 Å². The number of rotatable bonds is 3. The minimum absolute atomic E-state index is 0.0115. The van der Waals surface area contributed by atoms with Gasteiger partial charge in [-0.05, 0) is 30.3 Å². The quantitative estimate of drug-likeness (QED) is 0.942. The van der Waals surface area contributed by atoms with Gasteiger partial charge in [-0.2, -0.15) is 18.3 Å². The number of nitrogens with zero attached hydrogens (tertiary/aromatic N) is 3. The van der Waals surface area contributed by atoms with Crippen LogP contribution in [0.4, 0.5) is 18.9 Å². The summed E-state index contributed by atoms with van der Waals surface area (Å²) < 4.78 is 45.0. The van der Waals surface area contributed by atoms with Gasteiger partial charge in [0.1, 0.15) is 12.4 Å². The topological polar surface area (TPSA) is 56.3 Å². The summed E-state index contributed by atoms with van der Waals surface area (Å²) in [5.74, 6) is 0. The van der Waals surface area contributed by atoms with Crippen LogP contribution in [0, 0.1) is 0 Å². The standard InChI is InChI=1S/C14H15F3N4O/c15-14(16,17)13-5-6-19-21(13)11-3-1-10(2-4-11)20-8-12(7-18)22-9-20/h1-6,12H,7-9,18H2/t12-/m0/s1. The largest absolute Gasteiger partial charge is 0.433 e. The fourth-order valence-corrected chi connectivity index (χ4v) is 2.40. The number of alkyl halides is 3. The van der Waals surface area contributed by atoms with Gasteiger partial charge in [-0.15, -0.1) is 0 Å². The molecule has 0 bridgehead atoms. The number of anilines is 1. The van der Waals surface area contributed by atoms with Crippen LogP contribution in [0.3, 0.4) is 0 Å². The lowest BCUT2D eigenvalue weighted by Gasteiger charge is -2.17. The van der Waals surface area contributed by atoms with Gasteiger partial charge in [0.05, 0.1) is 18.0 Å². The Hall–Kier alpha value is -2.06. The molecule has 0 aliphatic carbocycles. The van der Waals surface area contributed by atoms with Gasteiger partial charge in [0.2, 0.25) is 0 Å². The van der Waals surface area contributed by atoms with Crippen molar-refractivity contribution >= 4 is 5.69 Å². The highest BCUT2D eigenvalue weighted by Gasteiger charge is 2.35. The molecule has 3 rings (SSSR count). The fraction of sp³-hybridized carbons (Fsp3) is 0.357. The third-order valence-corrected chi connectivity index (χ3v) is 3.55. The molecule has 0 spiro atoms. The molecule has 2 N–H and O–H groups in total. The SMILES string of the molecule is NC[C@H]1CN(c2ccc(-n3nccc3C(F)(F)F)cc2)CO1. The highest BCUT2D eigenvalue weighted by atomic mass is 19.4. The average molecular weight is 312 g/mol. The number of hydrogen-bond donors (Lipinski definition) is 1. The van der Waals surface area contributed by atoms with E-state index in [1.54, 1.807) is 24.3 Å². The predicted molar refractivity (Wildman–Crippen MR) is 74.7 cm³/mol. The van der Waals surface area contributed by atoms with Crippen LogP contribution in [-0.4, -0.2) is 35.7 Å². The van der Waals surface area contributed by atoms with Crippen LogP contribution in [0.5, 0.6) is 0 Å².